The number of hydrogen-bond acceptors (Lipinski definition) is 3. The Morgan fingerprint density at radius 1 is 1.47 bits per heavy atom. The van der Waals surface area contributed by atoms with Crippen LogP contribution in [0.25, 0.3) is 0 Å². The lowest BCUT2D eigenvalue weighted by atomic mass is 10.1. The molecule has 1 atom stereocenters. The second-order valence-electron chi connectivity index (χ2n) is 4.33. The average Bonchev–Trinajstić information content (AvgIpc) is 2.91. The summed E-state index contributed by atoms with van der Waals surface area (Å²) in [5.74, 6) is 0.324. The first-order valence-electron chi connectivity index (χ1n) is 6.24. The van der Waals surface area contributed by atoms with Gasteiger partial charge in [0.05, 0.1) is 13.4 Å². The zero-order valence-electron chi connectivity index (χ0n) is 11.1. The van der Waals surface area contributed by atoms with Crippen LogP contribution >= 0.6 is 0 Å². The zero-order chi connectivity index (χ0) is 13.7. The molecule has 0 amide bonds. The van der Waals surface area contributed by atoms with Gasteiger partial charge in [-0.1, -0.05) is 6.07 Å². The largest absolute Gasteiger partial charge is 0.496 e. The van der Waals surface area contributed by atoms with Gasteiger partial charge in [0.15, 0.2) is 0 Å². The molecule has 1 N–H and O–H groups in total. The molecule has 0 fully saturated rings. The molecule has 1 unspecified atom stereocenters. The summed E-state index contributed by atoms with van der Waals surface area (Å²) in [5.41, 5.74) is 0.565. The third-order valence-electron chi connectivity index (χ3n) is 3.05. The lowest BCUT2D eigenvalue weighted by Crippen LogP contribution is -2.24. The van der Waals surface area contributed by atoms with Gasteiger partial charge in [0.1, 0.15) is 11.6 Å². The second-order valence-corrected chi connectivity index (χ2v) is 4.33. The molecule has 0 aliphatic carbocycles. The van der Waals surface area contributed by atoms with Crippen LogP contribution in [0.4, 0.5) is 4.39 Å². The minimum atomic E-state index is -0.248. The molecule has 1 aromatic heterocycles. The Kier molecular flexibility index (Phi) is 4.52. The summed E-state index contributed by atoms with van der Waals surface area (Å²) in [6.07, 6.45) is 5.40. The van der Waals surface area contributed by atoms with Crippen LogP contribution in [-0.2, 0) is 6.54 Å². The van der Waals surface area contributed by atoms with E-state index in [1.165, 1.54) is 6.07 Å². The Morgan fingerprint density at radius 2 is 2.32 bits per heavy atom. The summed E-state index contributed by atoms with van der Waals surface area (Å²) in [5, 5.41) is 3.28. The van der Waals surface area contributed by atoms with E-state index in [2.05, 4.69) is 10.3 Å². The maximum absolute atomic E-state index is 13.9. The SMILES string of the molecule is COc1cccc(F)c1C(C)NCCn1ccnc1. The molecule has 2 aromatic rings. The van der Waals surface area contributed by atoms with Crippen LogP contribution in [0.3, 0.4) is 0 Å². The van der Waals surface area contributed by atoms with E-state index in [1.807, 2.05) is 17.7 Å². The predicted octanol–water partition coefficient (Wildman–Crippen LogP) is 2.38. The standard InChI is InChI=1S/C14H18FN3O/c1-11(17-7-9-18-8-6-16-10-18)14-12(15)4-3-5-13(14)19-2/h3-6,8,10-11,17H,7,9H2,1-2H3. The normalized spacial score (nSPS) is 12.4. The quantitative estimate of drug-likeness (QED) is 0.869. The number of benzene rings is 1. The number of hydrogen-bond donors (Lipinski definition) is 1. The van der Waals surface area contributed by atoms with Crippen molar-refractivity contribution in [3.8, 4) is 5.75 Å². The number of halogens is 1. The lowest BCUT2D eigenvalue weighted by Gasteiger charge is -2.18. The molecular weight excluding hydrogens is 245 g/mol. The van der Waals surface area contributed by atoms with Crippen molar-refractivity contribution in [2.24, 2.45) is 0 Å². The van der Waals surface area contributed by atoms with Gasteiger partial charge in [0.25, 0.3) is 0 Å². The van der Waals surface area contributed by atoms with Crippen LogP contribution in [0.1, 0.15) is 18.5 Å². The fraction of sp³-hybridized carbons (Fsp3) is 0.357. The van der Waals surface area contributed by atoms with Crippen LogP contribution in [0, 0.1) is 5.82 Å². The zero-order valence-corrected chi connectivity index (χ0v) is 11.1. The highest BCUT2D eigenvalue weighted by Crippen LogP contribution is 2.27. The molecule has 4 nitrogen and oxygen atoms in total. The Balaban J connectivity index is 1.97. The van der Waals surface area contributed by atoms with Gasteiger partial charge in [-0.15, -0.1) is 0 Å². The molecular formula is C14H18FN3O. The Labute approximate surface area is 112 Å². The number of imidazole rings is 1. The smallest absolute Gasteiger partial charge is 0.131 e. The van der Waals surface area contributed by atoms with Gasteiger partial charge in [-0.25, -0.2) is 9.37 Å². The second kappa shape index (κ2) is 6.33. The molecule has 0 aliphatic heterocycles. The van der Waals surface area contributed by atoms with Gasteiger partial charge < -0.3 is 14.6 Å². The summed E-state index contributed by atoms with van der Waals surface area (Å²) in [7, 11) is 1.55. The molecule has 2 rings (SSSR count). The van der Waals surface area contributed by atoms with Crippen molar-refractivity contribution >= 4 is 0 Å². The highest BCUT2D eigenvalue weighted by molar-refractivity contribution is 5.36. The first-order chi connectivity index (χ1) is 9.22. The number of ether oxygens (including phenoxy) is 1. The van der Waals surface area contributed by atoms with E-state index in [1.54, 1.807) is 31.8 Å². The van der Waals surface area contributed by atoms with Gasteiger partial charge >= 0.3 is 0 Å². The van der Waals surface area contributed by atoms with Crippen LogP contribution < -0.4 is 10.1 Å². The lowest BCUT2D eigenvalue weighted by molar-refractivity contribution is 0.392. The minimum Gasteiger partial charge on any atom is -0.496 e. The number of nitrogens with zero attached hydrogens (tertiary/aromatic N) is 2. The highest BCUT2D eigenvalue weighted by Gasteiger charge is 2.15. The Bertz CT molecular complexity index is 513. The Morgan fingerprint density at radius 3 is 3.00 bits per heavy atom. The summed E-state index contributed by atoms with van der Waals surface area (Å²) in [6, 6.07) is 4.76. The van der Waals surface area contributed by atoms with Crippen molar-refractivity contribution in [3.05, 3.63) is 48.3 Å². The fourth-order valence-corrected chi connectivity index (χ4v) is 2.05. The molecule has 0 radical (unpaired) electrons. The third-order valence-corrected chi connectivity index (χ3v) is 3.05. The van der Waals surface area contributed by atoms with Crippen LogP contribution in [0.2, 0.25) is 0 Å². The molecule has 0 saturated carbocycles. The molecule has 19 heavy (non-hydrogen) atoms. The van der Waals surface area contributed by atoms with Gasteiger partial charge in [-0.2, -0.15) is 0 Å². The van der Waals surface area contributed by atoms with Crippen molar-refractivity contribution < 1.29 is 9.13 Å². The van der Waals surface area contributed by atoms with Gasteiger partial charge in [-0.3, -0.25) is 0 Å². The van der Waals surface area contributed by atoms with Gasteiger partial charge in [0, 0.05) is 37.1 Å². The summed E-state index contributed by atoms with van der Waals surface area (Å²) < 4.78 is 21.0. The maximum atomic E-state index is 13.9. The van der Waals surface area contributed by atoms with E-state index in [9.17, 15) is 4.39 Å². The minimum absolute atomic E-state index is 0.111. The molecule has 5 heteroatoms. The Hall–Kier alpha value is -1.88. The number of aromatic nitrogens is 2. The van der Waals surface area contributed by atoms with E-state index in [0.717, 1.165) is 13.1 Å². The van der Waals surface area contributed by atoms with E-state index in [0.29, 0.717) is 11.3 Å². The third kappa shape index (κ3) is 3.32. The van der Waals surface area contributed by atoms with E-state index >= 15 is 0 Å². The maximum Gasteiger partial charge on any atom is 0.131 e. The fourth-order valence-electron chi connectivity index (χ4n) is 2.05. The number of nitrogens with one attached hydrogen (secondary N) is 1. The predicted molar refractivity (Wildman–Crippen MR) is 71.6 cm³/mol. The molecule has 1 heterocycles. The first-order valence-corrected chi connectivity index (χ1v) is 6.24. The van der Waals surface area contributed by atoms with Crippen LogP contribution in [0.15, 0.2) is 36.9 Å². The summed E-state index contributed by atoms with van der Waals surface area (Å²) >= 11 is 0. The van der Waals surface area contributed by atoms with E-state index < -0.39 is 0 Å². The summed E-state index contributed by atoms with van der Waals surface area (Å²) in [4.78, 5) is 3.97. The summed E-state index contributed by atoms with van der Waals surface area (Å²) in [6.45, 7) is 3.45. The number of rotatable bonds is 6. The average molecular weight is 263 g/mol. The van der Waals surface area contributed by atoms with Crippen molar-refractivity contribution in [1.82, 2.24) is 14.9 Å². The van der Waals surface area contributed by atoms with Gasteiger partial charge in [0.2, 0.25) is 0 Å². The van der Waals surface area contributed by atoms with Crippen molar-refractivity contribution in [2.45, 2.75) is 19.5 Å². The van der Waals surface area contributed by atoms with Crippen LogP contribution in [-0.4, -0.2) is 23.2 Å². The van der Waals surface area contributed by atoms with E-state index in [4.69, 9.17) is 4.74 Å². The monoisotopic (exact) mass is 263 g/mol. The molecule has 0 spiro atoms. The van der Waals surface area contributed by atoms with Crippen LogP contribution in [0.5, 0.6) is 5.75 Å². The highest BCUT2D eigenvalue weighted by atomic mass is 19.1. The number of methoxy groups -OCH3 is 1. The molecule has 1 aromatic carbocycles. The van der Waals surface area contributed by atoms with Crippen molar-refractivity contribution in [3.63, 3.8) is 0 Å². The van der Waals surface area contributed by atoms with Gasteiger partial charge in [-0.05, 0) is 19.1 Å². The molecule has 102 valence electrons. The molecule has 0 bridgehead atoms. The molecule has 0 aliphatic rings. The molecule has 0 saturated heterocycles. The van der Waals surface area contributed by atoms with E-state index in [-0.39, 0.29) is 11.9 Å². The van der Waals surface area contributed by atoms with Crippen molar-refractivity contribution in [2.75, 3.05) is 13.7 Å². The topological polar surface area (TPSA) is 39.1 Å². The first kappa shape index (κ1) is 13.5. The van der Waals surface area contributed by atoms with Crippen molar-refractivity contribution in [1.29, 1.82) is 0 Å².